The Morgan fingerprint density at radius 3 is 2.93 bits per heavy atom. The van der Waals surface area contributed by atoms with E-state index < -0.39 is 0 Å². The molecule has 1 aliphatic rings. The van der Waals surface area contributed by atoms with Crippen LogP contribution < -0.4 is 0 Å². The lowest BCUT2D eigenvalue weighted by atomic mass is 10.2. The quantitative estimate of drug-likeness (QED) is 0.674. The Hall–Kier alpha value is -1.45. The lowest BCUT2D eigenvalue weighted by Gasteiger charge is -1.99. The molecule has 1 aromatic heterocycles. The molecular formula is C10H12N2O2. The first-order valence-electron chi connectivity index (χ1n) is 4.74. The monoisotopic (exact) mass is 192 g/mol. The smallest absolute Gasteiger partial charge is 0.309 e. The van der Waals surface area contributed by atoms with E-state index in [9.17, 15) is 4.79 Å². The van der Waals surface area contributed by atoms with Crippen LogP contribution in [-0.4, -0.2) is 22.5 Å². The predicted octanol–water partition coefficient (Wildman–Crippen LogP) is 1.14. The van der Waals surface area contributed by atoms with Crippen LogP contribution in [-0.2, 0) is 9.53 Å². The second-order valence-corrected chi connectivity index (χ2v) is 3.37. The minimum Gasteiger partial charge on any atom is -0.466 e. The summed E-state index contributed by atoms with van der Waals surface area (Å²) in [6.45, 7) is 2.27. The number of aromatic nitrogens is 2. The van der Waals surface area contributed by atoms with Gasteiger partial charge in [0.05, 0.1) is 12.5 Å². The van der Waals surface area contributed by atoms with Gasteiger partial charge in [-0.2, -0.15) is 0 Å². The van der Waals surface area contributed by atoms with Crippen molar-refractivity contribution in [2.24, 2.45) is 5.92 Å². The maximum Gasteiger partial charge on any atom is 0.309 e. The van der Waals surface area contributed by atoms with Gasteiger partial charge < -0.3 is 4.74 Å². The molecule has 4 nitrogen and oxygen atoms in total. The van der Waals surface area contributed by atoms with E-state index in [0.717, 1.165) is 12.0 Å². The minimum atomic E-state index is -0.0960. The summed E-state index contributed by atoms with van der Waals surface area (Å²) in [5.74, 6) is 0.206. The molecule has 74 valence electrons. The summed E-state index contributed by atoms with van der Waals surface area (Å²) < 4.78 is 4.94. The Morgan fingerprint density at radius 1 is 1.57 bits per heavy atom. The Kier molecular flexibility index (Phi) is 2.43. The standard InChI is InChI=1S/C10H12N2O2/c1-2-14-10(13)9-3-8(9)7-4-11-6-12-5-7/h4-6,8-9H,2-3H2,1H3/t8-,9+/m1/s1. The fourth-order valence-corrected chi connectivity index (χ4v) is 1.58. The third kappa shape index (κ3) is 1.73. The number of ether oxygens (including phenoxy) is 1. The van der Waals surface area contributed by atoms with Gasteiger partial charge in [-0.15, -0.1) is 0 Å². The van der Waals surface area contributed by atoms with Crippen LogP contribution in [0.3, 0.4) is 0 Å². The third-order valence-electron chi connectivity index (χ3n) is 2.39. The highest BCUT2D eigenvalue weighted by atomic mass is 16.5. The first kappa shape index (κ1) is 9.12. The molecule has 0 aromatic carbocycles. The van der Waals surface area contributed by atoms with Crippen LogP contribution in [0.2, 0.25) is 0 Å². The SMILES string of the molecule is CCOC(=O)[C@H]1C[C@@H]1c1cncnc1. The number of rotatable bonds is 3. The molecule has 2 atom stereocenters. The first-order valence-corrected chi connectivity index (χ1v) is 4.74. The van der Waals surface area contributed by atoms with Crippen molar-refractivity contribution in [3.63, 3.8) is 0 Å². The number of nitrogens with zero attached hydrogens (tertiary/aromatic N) is 2. The Balaban J connectivity index is 1.96. The minimum absolute atomic E-state index is 0.0287. The fraction of sp³-hybridized carbons (Fsp3) is 0.500. The number of hydrogen-bond donors (Lipinski definition) is 0. The van der Waals surface area contributed by atoms with Crippen molar-refractivity contribution in [1.29, 1.82) is 0 Å². The van der Waals surface area contributed by atoms with Crippen molar-refractivity contribution in [1.82, 2.24) is 9.97 Å². The molecule has 0 bridgehead atoms. The average molecular weight is 192 g/mol. The first-order chi connectivity index (χ1) is 6.83. The average Bonchev–Trinajstić information content (AvgIpc) is 2.99. The van der Waals surface area contributed by atoms with Gasteiger partial charge in [-0.25, -0.2) is 9.97 Å². The summed E-state index contributed by atoms with van der Waals surface area (Å²) in [4.78, 5) is 19.2. The Bertz CT molecular complexity index is 326. The van der Waals surface area contributed by atoms with Gasteiger partial charge in [-0.3, -0.25) is 4.79 Å². The van der Waals surface area contributed by atoms with E-state index in [4.69, 9.17) is 4.74 Å². The van der Waals surface area contributed by atoms with Crippen LogP contribution in [0.4, 0.5) is 0 Å². The van der Waals surface area contributed by atoms with Crippen LogP contribution in [0.5, 0.6) is 0 Å². The largest absolute Gasteiger partial charge is 0.466 e. The molecule has 0 unspecified atom stereocenters. The summed E-state index contributed by atoms with van der Waals surface area (Å²) in [7, 11) is 0. The van der Waals surface area contributed by atoms with Crippen molar-refractivity contribution in [3.8, 4) is 0 Å². The Labute approximate surface area is 82.3 Å². The van der Waals surface area contributed by atoms with Gasteiger partial charge in [0.2, 0.25) is 0 Å². The summed E-state index contributed by atoms with van der Waals surface area (Å²) in [5, 5.41) is 0. The van der Waals surface area contributed by atoms with E-state index >= 15 is 0 Å². The van der Waals surface area contributed by atoms with Crippen molar-refractivity contribution < 1.29 is 9.53 Å². The number of carbonyl (C=O) groups is 1. The molecule has 14 heavy (non-hydrogen) atoms. The van der Waals surface area contributed by atoms with Gasteiger partial charge >= 0.3 is 5.97 Å². The van der Waals surface area contributed by atoms with Crippen molar-refractivity contribution in [2.75, 3.05) is 6.61 Å². The maximum atomic E-state index is 11.3. The molecule has 1 fully saturated rings. The normalized spacial score (nSPS) is 24.4. The molecule has 4 heteroatoms. The molecule has 0 radical (unpaired) electrons. The highest BCUT2D eigenvalue weighted by Gasteiger charge is 2.45. The van der Waals surface area contributed by atoms with Gasteiger partial charge in [0.15, 0.2) is 0 Å². The molecule has 1 aliphatic carbocycles. The molecule has 0 aliphatic heterocycles. The Morgan fingerprint density at radius 2 is 2.29 bits per heavy atom. The lowest BCUT2D eigenvalue weighted by molar-refractivity contribution is -0.144. The number of carbonyl (C=O) groups excluding carboxylic acids is 1. The van der Waals surface area contributed by atoms with Gasteiger partial charge in [0.25, 0.3) is 0 Å². The number of hydrogen-bond acceptors (Lipinski definition) is 4. The maximum absolute atomic E-state index is 11.3. The zero-order valence-electron chi connectivity index (χ0n) is 8.01. The molecule has 0 spiro atoms. The van der Waals surface area contributed by atoms with Gasteiger partial charge in [0.1, 0.15) is 6.33 Å². The molecule has 0 amide bonds. The molecule has 2 rings (SSSR count). The summed E-state index contributed by atoms with van der Waals surface area (Å²) in [5.41, 5.74) is 1.03. The third-order valence-corrected chi connectivity index (χ3v) is 2.39. The number of esters is 1. The van der Waals surface area contributed by atoms with E-state index in [-0.39, 0.29) is 17.8 Å². The summed E-state index contributed by atoms with van der Waals surface area (Å²) in [6, 6.07) is 0. The van der Waals surface area contributed by atoms with Crippen LogP contribution in [0.1, 0.15) is 24.8 Å². The van der Waals surface area contributed by atoms with Gasteiger partial charge in [0, 0.05) is 18.3 Å². The lowest BCUT2D eigenvalue weighted by Crippen LogP contribution is -2.07. The molecule has 1 aromatic rings. The van der Waals surface area contributed by atoms with E-state index in [1.807, 2.05) is 6.92 Å². The van der Waals surface area contributed by atoms with Gasteiger partial charge in [-0.05, 0) is 18.9 Å². The second-order valence-electron chi connectivity index (χ2n) is 3.37. The van der Waals surface area contributed by atoms with Crippen LogP contribution in [0.15, 0.2) is 18.7 Å². The molecule has 1 heterocycles. The topological polar surface area (TPSA) is 52.1 Å². The van der Waals surface area contributed by atoms with Gasteiger partial charge in [-0.1, -0.05) is 0 Å². The van der Waals surface area contributed by atoms with E-state index in [1.165, 1.54) is 6.33 Å². The van der Waals surface area contributed by atoms with E-state index in [0.29, 0.717) is 6.61 Å². The molecule has 0 N–H and O–H groups in total. The van der Waals surface area contributed by atoms with Crippen LogP contribution >= 0.6 is 0 Å². The fourth-order valence-electron chi connectivity index (χ4n) is 1.58. The summed E-state index contributed by atoms with van der Waals surface area (Å²) in [6.07, 6.45) is 5.88. The van der Waals surface area contributed by atoms with E-state index in [2.05, 4.69) is 9.97 Å². The molecular weight excluding hydrogens is 180 g/mol. The molecule has 0 saturated heterocycles. The highest BCUT2D eigenvalue weighted by molar-refractivity contribution is 5.77. The zero-order chi connectivity index (χ0) is 9.97. The molecule has 1 saturated carbocycles. The van der Waals surface area contributed by atoms with Crippen molar-refractivity contribution >= 4 is 5.97 Å². The van der Waals surface area contributed by atoms with E-state index in [1.54, 1.807) is 12.4 Å². The highest BCUT2D eigenvalue weighted by Crippen LogP contribution is 2.47. The summed E-state index contributed by atoms with van der Waals surface area (Å²) >= 11 is 0. The second kappa shape index (κ2) is 3.74. The zero-order valence-corrected chi connectivity index (χ0v) is 8.01. The van der Waals surface area contributed by atoms with Crippen LogP contribution in [0, 0.1) is 5.92 Å². The van der Waals surface area contributed by atoms with Crippen molar-refractivity contribution in [2.45, 2.75) is 19.3 Å². The predicted molar refractivity (Wildman–Crippen MR) is 49.5 cm³/mol. The van der Waals surface area contributed by atoms with Crippen LogP contribution in [0.25, 0.3) is 0 Å². The van der Waals surface area contributed by atoms with Crippen molar-refractivity contribution in [3.05, 3.63) is 24.3 Å².